The molecule has 1 aliphatic heterocycles. The third-order valence-electron chi connectivity index (χ3n) is 3.28. The van der Waals surface area contributed by atoms with E-state index in [0.717, 1.165) is 26.2 Å². The fourth-order valence-corrected chi connectivity index (χ4v) is 2.52. The molecule has 1 heterocycles. The van der Waals surface area contributed by atoms with E-state index >= 15 is 0 Å². The van der Waals surface area contributed by atoms with Crippen LogP contribution in [-0.4, -0.2) is 49.6 Å². The molecular formula is C14H29N3O. The van der Waals surface area contributed by atoms with Crippen molar-refractivity contribution in [3.05, 3.63) is 0 Å². The zero-order chi connectivity index (χ0) is 13.4. The minimum absolute atomic E-state index is 0.159. The first-order valence-electron chi connectivity index (χ1n) is 7.34. The third-order valence-corrected chi connectivity index (χ3v) is 3.28. The number of rotatable bonds is 7. The molecule has 2 N–H and O–H groups in total. The minimum Gasteiger partial charge on any atom is -0.353 e. The van der Waals surface area contributed by atoms with E-state index in [0.29, 0.717) is 12.5 Å². The van der Waals surface area contributed by atoms with E-state index in [-0.39, 0.29) is 11.9 Å². The first-order valence-corrected chi connectivity index (χ1v) is 7.34. The smallest absolute Gasteiger partial charge is 0.234 e. The fourth-order valence-electron chi connectivity index (χ4n) is 2.52. The summed E-state index contributed by atoms with van der Waals surface area (Å²) in [5, 5.41) is 6.44. The van der Waals surface area contributed by atoms with Gasteiger partial charge in [0.2, 0.25) is 5.91 Å². The lowest BCUT2D eigenvalue weighted by Crippen LogP contribution is -2.45. The predicted octanol–water partition coefficient (Wildman–Crippen LogP) is 1.22. The van der Waals surface area contributed by atoms with Crippen molar-refractivity contribution in [2.24, 2.45) is 5.92 Å². The summed E-state index contributed by atoms with van der Waals surface area (Å²) in [6.07, 6.45) is 3.69. The van der Waals surface area contributed by atoms with Crippen molar-refractivity contribution in [1.82, 2.24) is 15.5 Å². The Labute approximate surface area is 111 Å². The SMILES string of the molecule is CCCNCC1CCCN(CC(=O)NC(C)C)C1. The molecule has 18 heavy (non-hydrogen) atoms. The third kappa shape index (κ3) is 6.36. The van der Waals surface area contributed by atoms with Crippen LogP contribution in [-0.2, 0) is 4.79 Å². The number of carbonyl (C=O) groups excluding carboxylic acids is 1. The van der Waals surface area contributed by atoms with E-state index in [9.17, 15) is 4.79 Å². The van der Waals surface area contributed by atoms with Crippen LogP contribution in [0.5, 0.6) is 0 Å². The second kappa shape index (κ2) is 8.48. The van der Waals surface area contributed by atoms with E-state index in [1.54, 1.807) is 0 Å². The van der Waals surface area contributed by atoms with Gasteiger partial charge < -0.3 is 10.6 Å². The van der Waals surface area contributed by atoms with Gasteiger partial charge in [-0.15, -0.1) is 0 Å². The highest BCUT2D eigenvalue weighted by Crippen LogP contribution is 2.15. The molecule has 0 aromatic rings. The van der Waals surface area contributed by atoms with Crippen molar-refractivity contribution in [3.8, 4) is 0 Å². The molecule has 106 valence electrons. The maximum absolute atomic E-state index is 11.7. The number of hydrogen-bond donors (Lipinski definition) is 2. The second-order valence-corrected chi connectivity index (χ2v) is 5.67. The van der Waals surface area contributed by atoms with E-state index < -0.39 is 0 Å². The van der Waals surface area contributed by atoms with Gasteiger partial charge in [-0.3, -0.25) is 9.69 Å². The molecule has 1 amide bonds. The molecule has 4 nitrogen and oxygen atoms in total. The lowest BCUT2D eigenvalue weighted by atomic mass is 9.98. The van der Waals surface area contributed by atoms with Gasteiger partial charge in [0, 0.05) is 12.6 Å². The quantitative estimate of drug-likeness (QED) is 0.672. The minimum atomic E-state index is 0.159. The first kappa shape index (κ1) is 15.4. The van der Waals surface area contributed by atoms with Gasteiger partial charge in [0.25, 0.3) is 0 Å². The Morgan fingerprint density at radius 3 is 2.89 bits per heavy atom. The van der Waals surface area contributed by atoms with Gasteiger partial charge in [0.1, 0.15) is 0 Å². The normalized spacial score (nSPS) is 21.2. The largest absolute Gasteiger partial charge is 0.353 e. The summed E-state index contributed by atoms with van der Waals surface area (Å²) in [6, 6.07) is 0.240. The molecule has 0 saturated carbocycles. The number of nitrogens with zero attached hydrogens (tertiary/aromatic N) is 1. The molecule has 0 bridgehead atoms. The van der Waals surface area contributed by atoms with Crippen LogP contribution in [0.3, 0.4) is 0 Å². The second-order valence-electron chi connectivity index (χ2n) is 5.67. The van der Waals surface area contributed by atoms with Crippen molar-refractivity contribution in [3.63, 3.8) is 0 Å². The number of hydrogen-bond acceptors (Lipinski definition) is 3. The first-order chi connectivity index (χ1) is 8.61. The van der Waals surface area contributed by atoms with Gasteiger partial charge in [-0.25, -0.2) is 0 Å². The van der Waals surface area contributed by atoms with Crippen molar-refractivity contribution >= 4 is 5.91 Å². The molecule has 0 aromatic heterocycles. The van der Waals surface area contributed by atoms with Gasteiger partial charge in [-0.1, -0.05) is 6.92 Å². The predicted molar refractivity (Wildman–Crippen MR) is 75.6 cm³/mol. The Balaban J connectivity index is 2.23. The Kier molecular flexibility index (Phi) is 7.28. The van der Waals surface area contributed by atoms with Crippen LogP contribution in [0, 0.1) is 5.92 Å². The van der Waals surface area contributed by atoms with E-state index in [4.69, 9.17) is 0 Å². The molecule has 1 fully saturated rings. The molecule has 1 atom stereocenters. The molecule has 0 spiro atoms. The van der Waals surface area contributed by atoms with Crippen LogP contribution in [0.15, 0.2) is 0 Å². The lowest BCUT2D eigenvalue weighted by Gasteiger charge is -2.32. The molecule has 1 rings (SSSR count). The van der Waals surface area contributed by atoms with Crippen molar-refractivity contribution in [2.75, 3.05) is 32.7 Å². The number of likely N-dealkylation sites (tertiary alicyclic amines) is 1. The standard InChI is InChI=1S/C14H29N3O/c1-4-7-15-9-13-6-5-8-17(10-13)11-14(18)16-12(2)3/h12-13,15H,4-11H2,1-3H3,(H,16,18). The van der Waals surface area contributed by atoms with Crippen LogP contribution < -0.4 is 10.6 Å². The molecular weight excluding hydrogens is 226 g/mol. The average Bonchev–Trinajstić information content (AvgIpc) is 2.28. The Morgan fingerprint density at radius 1 is 1.44 bits per heavy atom. The number of piperidine rings is 1. The van der Waals surface area contributed by atoms with Gasteiger partial charge in [-0.05, 0) is 58.7 Å². The monoisotopic (exact) mass is 255 g/mol. The van der Waals surface area contributed by atoms with Crippen molar-refractivity contribution < 1.29 is 4.79 Å². The summed E-state index contributed by atoms with van der Waals surface area (Å²) in [6.45, 7) is 11.1. The summed E-state index contributed by atoms with van der Waals surface area (Å²) >= 11 is 0. The van der Waals surface area contributed by atoms with Crippen LogP contribution in [0.4, 0.5) is 0 Å². The molecule has 0 aromatic carbocycles. The Bertz CT molecular complexity index is 243. The summed E-state index contributed by atoms with van der Waals surface area (Å²) in [7, 11) is 0. The number of nitrogens with one attached hydrogen (secondary N) is 2. The van der Waals surface area contributed by atoms with Crippen molar-refractivity contribution in [2.45, 2.75) is 46.1 Å². The van der Waals surface area contributed by atoms with Gasteiger partial charge in [-0.2, -0.15) is 0 Å². The van der Waals surface area contributed by atoms with Gasteiger partial charge >= 0.3 is 0 Å². The van der Waals surface area contributed by atoms with Crippen molar-refractivity contribution in [1.29, 1.82) is 0 Å². The maximum atomic E-state index is 11.7. The van der Waals surface area contributed by atoms with Gasteiger partial charge in [0.15, 0.2) is 0 Å². The highest BCUT2D eigenvalue weighted by atomic mass is 16.2. The molecule has 4 heteroatoms. The highest BCUT2D eigenvalue weighted by Gasteiger charge is 2.21. The summed E-state index contributed by atoms with van der Waals surface area (Å²) in [5.41, 5.74) is 0. The molecule has 1 unspecified atom stereocenters. The summed E-state index contributed by atoms with van der Waals surface area (Å²) < 4.78 is 0. The Morgan fingerprint density at radius 2 is 2.22 bits per heavy atom. The van der Waals surface area contributed by atoms with Gasteiger partial charge in [0.05, 0.1) is 6.54 Å². The molecule has 1 saturated heterocycles. The zero-order valence-electron chi connectivity index (χ0n) is 12.2. The topological polar surface area (TPSA) is 44.4 Å². The molecule has 0 radical (unpaired) electrons. The van der Waals surface area contributed by atoms with E-state index in [1.807, 2.05) is 13.8 Å². The van der Waals surface area contributed by atoms with Crippen LogP contribution in [0.25, 0.3) is 0 Å². The maximum Gasteiger partial charge on any atom is 0.234 e. The summed E-state index contributed by atoms with van der Waals surface area (Å²) in [5.74, 6) is 0.865. The van der Waals surface area contributed by atoms with E-state index in [2.05, 4.69) is 22.5 Å². The fraction of sp³-hybridized carbons (Fsp3) is 0.929. The Hall–Kier alpha value is -0.610. The molecule has 0 aliphatic carbocycles. The average molecular weight is 255 g/mol. The number of carbonyl (C=O) groups is 1. The number of amides is 1. The van der Waals surface area contributed by atoms with Crippen LogP contribution in [0.2, 0.25) is 0 Å². The lowest BCUT2D eigenvalue weighted by molar-refractivity contribution is -0.123. The zero-order valence-corrected chi connectivity index (χ0v) is 12.2. The van der Waals surface area contributed by atoms with Crippen LogP contribution >= 0.6 is 0 Å². The molecule has 1 aliphatic rings. The summed E-state index contributed by atoms with van der Waals surface area (Å²) in [4.78, 5) is 14.0. The van der Waals surface area contributed by atoms with Crippen LogP contribution in [0.1, 0.15) is 40.0 Å². The van der Waals surface area contributed by atoms with E-state index in [1.165, 1.54) is 19.3 Å². The highest BCUT2D eigenvalue weighted by molar-refractivity contribution is 5.78.